The van der Waals surface area contributed by atoms with Crippen LogP contribution < -0.4 is 5.32 Å². The minimum Gasteiger partial charge on any atom is -0.341 e. The zero-order chi connectivity index (χ0) is 16.4. The number of hydrogen-bond donors (Lipinski definition) is 2. The topological polar surface area (TPSA) is 78.1 Å². The molecule has 2 N–H and O–H groups in total. The zero-order valence-corrected chi connectivity index (χ0v) is 12.8. The Kier molecular flexibility index (Phi) is 4.29. The van der Waals surface area contributed by atoms with Crippen molar-refractivity contribution in [3.8, 4) is 0 Å². The van der Waals surface area contributed by atoms with Gasteiger partial charge in [0.05, 0.1) is 10.9 Å². The van der Waals surface area contributed by atoms with Crippen LogP contribution >= 0.6 is 11.6 Å². The van der Waals surface area contributed by atoms with Crippen molar-refractivity contribution in [1.82, 2.24) is 14.9 Å². The predicted octanol–water partition coefficient (Wildman–Crippen LogP) is 2.30. The molecule has 23 heavy (non-hydrogen) atoms. The molecule has 3 rings (SSSR count). The molecule has 0 aliphatic carbocycles. The number of halogens is 2. The maximum absolute atomic E-state index is 13.1. The van der Waals surface area contributed by atoms with Crippen LogP contribution in [0.25, 0.3) is 0 Å². The highest BCUT2D eigenvalue weighted by Gasteiger charge is 2.32. The Morgan fingerprint density at radius 2 is 2.26 bits per heavy atom. The van der Waals surface area contributed by atoms with Gasteiger partial charge in [-0.25, -0.2) is 9.37 Å². The van der Waals surface area contributed by atoms with Crippen LogP contribution in [0.1, 0.15) is 17.0 Å². The second-order valence-corrected chi connectivity index (χ2v) is 5.70. The van der Waals surface area contributed by atoms with Crippen molar-refractivity contribution < 1.29 is 14.0 Å². The molecule has 8 heteroatoms. The quantitative estimate of drug-likeness (QED) is 0.902. The maximum atomic E-state index is 13.1. The fourth-order valence-corrected chi connectivity index (χ4v) is 2.69. The number of benzene rings is 1. The number of hydrogen-bond acceptors (Lipinski definition) is 3. The van der Waals surface area contributed by atoms with Gasteiger partial charge < -0.3 is 15.2 Å². The third-order valence-electron chi connectivity index (χ3n) is 3.73. The first-order chi connectivity index (χ1) is 11.0. The number of anilines is 1. The lowest BCUT2D eigenvalue weighted by Gasteiger charge is -2.15. The van der Waals surface area contributed by atoms with Gasteiger partial charge in [0.15, 0.2) is 5.82 Å². The van der Waals surface area contributed by atoms with Crippen LogP contribution in [-0.2, 0) is 4.79 Å². The van der Waals surface area contributed by atoms with Gasteiger partial charge in [-0.05, 0) is 24.6 Å². The van der Waals surface area contributed by atoms with E-state index < -0.39 is 5.82 Å². The Balaban J connectivity index is 1.61. The summed E-state index contributed by atoms with van der Waals surface area (Å²) in [4.78, 5) is 32.7. The molecule has 1 atom stereocenters. The second-order valence-electron chi connectivity index (χ2n) is 5.29. The predicted molar refractivity (Wildman–Crippen MR) is 82.6 cm³/mol. The number of rotatable bonds is 3. The molecule has 2 amide bonds. The van der Waals surface area contributed by atoms with Gasteiger partial charge >= 0.3 is 0 Å². The third kappa shape index (κ3) is 3.34. The number of carbonyl (C=O) groups is 2. The number of nitrogens with one attached hydrogen (secondary N) is 2. The Hall–Kier alpha value is -2.41. The van der Waals surface area contributed by atoms with E-state index in [1.54, 1.807) is 11.1 Å². The SMILES string of the molecule is O=C(Nc1ccc(F)c(Cl)c1)[C@H]1CCN(C(=O)c2ncc[nH]2)C1. The molecule has 1 aromatic heterocycles. The summed E-state index contributed by atoms with van der Waals surface area (Å²) in [6.45, 7) is 0.808. The van der Waals surface area contributed by atoms with Gasteiger partial charge in [0.2, 0.25) is 5.91 Å². The van der Waals surface area contributed by atoms with Crippen molar-refractivity contribution in [2.24, 2.45) is 5.92 Å². The van der Waals surface area contributed by atoms with Crippen LogP contribution in [0, 0.1) is 11.7 Å². The van der Waals surface area contributed by atoms with E-state index in [0.29, 0.717) is 25.2 Å². The number of aromatic amines is 1. The van der Waals surface area contributed by atoms with Crippen LogP contribution in [0.2, 0.25) is 5.02 Å². The van der Waals surface area contributed by atoms with Crippen molar-refractivity contribution in [1.29, 1.82) is 0 Å². The molecule has 1 aromatic carbocycles. The molecule has 1 aliphatic rings. The first-order valence-corrected chi connectivity index (χ1v) is 7.47. The number of aromatic nitrogens is 2. The van der Waals surface area contributed by atoms with Crippen LogP contribution in [0.5, 0.6) is 0 Å². The molecular weight excluding hydrogens is 323 g/mol. The van der Waals surface area contributed by atoms with E-state index in [1.807, 2.05) is 0 Å². The molecule has 2 heterocycles. The summed E-state index contributed by atoms with van der Waals surface area (Å²) in [6.07, 6.45) is 3.64. The number of amides is 2. The Morgan fingerprint density at radius 3 is 2.96 bits per heavy atom. The summed E-state index contributed by atoms with van der Waals surface area (Å²) < 4.78 is 13.1. The summed E-state index contributed by atoms with van der Waals surface area (Å²) in [5.41, 5.74) is 0.428. The van der Waals surface area contributed by atoms with Crippen LogP contribution in [0.15, 0.2) is 30.6 Å². The standard InChI is InChI=1S/C15H14ClFN4O2/c16-11-7-10(1-2-12(11)17)20-14(22)9-3-6-21(8-9)15(23)13-18-4-5-19-13/h1-2,4-5,7,9H,3,6,8H2,(H,18,19)(H,20,22)/t9-/m0/s1. The van der Waals surface area contributed by atoms with Crippen molar-refractivity contribution in [2.75, 3.05) is 18.4 Å². The van der Waals surface area contributed by atoms with E-state index in [0.717, 1.165) is 0 Å². The Labute approximate surface area is 136 Å². The van der Waals surface area contributed by atoms with Gasteiger partial charge in [0.25, 0.3) is 5.91 Å². The van der Waals surface area contributed by atoms with Gasteiger partial charge in [0.1, 0.15) is 5.82 Å². The van der Waals surface area contributed by atoms with E-state index in [-0.39, 0.29) is 28.6 Å². The van der Waals surface area contributed by atoms with Crippen LogP contribution in [0.4, 0.5) is 10.1 Å². The molecule has 0 bridgehead atoms. The van der Waals surface area contributed by atoms with Crippen LogP contribution in [-0.4, -0.2) is 39.8 Å². The molecule has 0 radical (unpaired) electrons. The molecule has 1 fully saturated rings. The highest BCUT2D eigenvalue weighted by atomic mass is 35.5. The summed E-state index contributed by atoms with van der Waals surface area (Å²) in [7, 11) is 0. The van der Waals surface area contributed by atoms with Crippen molar-refractivity contribution in [3.05, 3.63) is 47.3 Å². The number of H-pyrrole nitrogens is 1. The largest absolute Gasteiger partial charge is 0.341 e. The van der Waals surface area contributed by atoms with E-state index in [1.165, 1.54) is 24.4 Å². The highest BCUT2D eigenvalue weighted by molar-refractivity contribution is 6.31. The van der Waals surface area contributed by atoms with E-state index >= 15 is 0 Å². The third-order valence-corrected chi connectivity index (χ3v) is 4.02. The van der Waals surface area contributed by atoms with Crippen molar-refractivity contribution in [3.63, 3.8) is 0 Å². The molecule has 2 aromatic rings. The minimum absolute atomic E-state index is 0.0520. The summed E-state index contributed by atoms with van der Waals surface area (Å²) >= 11 is 5.69. The van der Waals surface area contributed by atoms with Crippen LogP contribution in [0.3, 0.4) is 0 Å². The number of likely N-dealkylation sites (tertiary alicyclic amines) is 1. The number of nitrogens with zero attached hydrogens (tertiary/aromatic N) is 2. The van der Waals surface area contributed by atoms with Gasteiger partial charge in [-0.15, -0.1) is 0 Å². The highest BCUT2D eigenvalue weighted by Crippen LogP contribution is 2.22. The second kappa shape index (κ2) is 6.37. The summed E-state index contributed by atoms with van der Waals surface area (Å²) in [6, 6.07) is 3.99. The molecule has 1 saturated heterocycles. The zero-order valence-electron chi connectivity index (χ0n) is 12.1. The fraction of sp³-hybridized carbons (Fsp3) is 0.267. The van der Waals surface area contributed by atoms with Crippen molar-refractivity contribution in [2.45, 2.75) is 6.42 Å². The Morgan fingerprint density at radius 1 is 1.43 bits per heavy atom. The molecular formula is C15H14ClFN4O2. The number of carbonyl (C=O) groups excluding carboxylic acids is 2. The smallest absolute Gasteiger partial charge is 0.289 e. The lowest BCUT2D eigenvalue weighted by atomic mass is 10.1. The summed E-state index contributed by atoms with van der Waals surface area (Å²) in [5, 5.41) is 2.64. The lowest BCUT2D eigenvalue weighted by molar-refractivity contribution is -0.119. The molecule has 0 saturated carbocycles. The first kappa shape index (κ1) is 15.5. The molecule has 0 unspecified atom stereocenters. The maximum Gasteiger partial charge on any atom is 0.289 e. The van der Waals surface area contributed by atoms with E-state index in [4.69, 9.17) is 11.6 Å². The van der Waals surface area contributed by atoms with Gasteiger partial charge in [0, 0.05) is 31.2 Å². The molecule has 1 aliphatic heterocycles. The average Bonchev–Trinajstić information content (AvgIpc) is 3.21. The number of imidazole rings is 1. The van der Waals surface area contributed by atoms with Gasteiger partial charge in [-0.2, -0.15) is 0 Å². The monoisotopic (exact) mass is 336 g/mol. The van der Waals surface area contributed by atoms with E-state index in [9.17, 15) is 14.0 Å². The van der Waals surface area contributed by atoms with Crippen molar-refractivity contribution >= 4 is 29.1 Å². The molecule has 0 spiro atoms. The lowest BCUT2D eigenvalue weighted by Crippen LogP contribution is -2.32. The minimum atomic E-state index is -0.541. The fourth-order valence-electron chi connectivity index (χ4n) is 2.51. The average molecular weight is 337 g/mol. The van der Waals surface area contributed by atoms with Gasteiger partial charge in [-0.1, -0.05) is 11.6 Å². The molecule has 120 valence electrons. The Bertz CT molecular complexity index is 735. The normalized spacial score (nSPS) is 17.3. The van der Waals surface area contributed by atoms with E-state index in [2.05, 4.69) is 15.3 Å². The molecule has 6 nitrogen and oxygen atoms in total. The first-order valence-electron chi connectivity index (χ1n) is 7.09. The van der Waals surface area contributed by atoms with Gasteiger partial charge in [-0.3, -0.25) is 9.59 Å². The summed E-state index contributed by atoms with van der Waals surface area (Å²) in [5.74, 6) is -1.05.